The zero-order valence-electron chi connectivity index (χ0n) is 13.4. The molecule has 25 heavy (non-hydrogen) atoms. The number of hydrogen-bond acceptors (Lipinski definition) is 4. The van der Waals surface area contributed by atoms with Crippen molar-refractivity contribution in [3.05, 3.63) is 23.9 Å². The first-order valence-electron chi connectivity index (χ1n) is 7.89. The van der Waals surface area contributed by atoms with Crippen molar-refractivity contribution in [2.45, 2.75) is 38.3 Å². The Balaban J connectivity index is 1.93. The van der Waals surface area contributed by atoms with Crippen LogP contribution in [0.4, 0.5) is 13.2 Å². The maximum Gasteiger partial charge on any atom is 0.422 e. The largest absolute Gasteiger partial charge is 0.481 e. The van der Waals surface area contributed by atoms with Crippen molar-refractivity contribution in [2.24, 2.45) is 5.41 Å². The minimum absolute atomic E-state index is 0.00743. The molecular weight excluding hydrogens is 341 g/mol. The molecule has 1 aromatic heterocycles. The molecule has 138 valence electrons. The van der Waals surface area contributed by atoms with Crippen molar-refractivity contribution >= 4 is 11.9 Å². The van der Waals surface area contributed by atoms with Crippen molar-refractivity contribution in [3.8, 4) is 5.88 Å². The molecule has 0 bridgehead atoms. The molecule has 2 N–H and O–H groups in total. The van der Waals surface area contributed by atoms with Crippen LogP contribution in [0.15, 0.2) is 18.3 Å². The smallest absolute Gasteiger partial charge is 0.422 e. The maximum atomic E-state index is 12.1. The van der Waals surface area contributed by atoms with E-state index in [9.17, 15) is 27.9 Å². The number of nitrogens with one attached hydrogen (secondary N) is 1. The number of alkyl halides is 3. The molecule has 0 unspecified atom stereocenters. The normalized spacial score (nSPS) is 16.9. The van der Waals surface area contributed by atoms with Crippen LogP contribution in [0.5, 0.6) is 5.88 Å². The van der Waals surface area contributed by atoms with E-state index < -0.39 is 30.1 Å². The SMILES string of the molecule is O=C(NCC1(C(=O)O)CCCCC1)c1ccc(OCC(F)(F)F)nc1. The summed E-state index contributed by atoms with van der Waals surface area (Å²) in [6.07, 6.45) is 0.213. The second kappa shape index (κ2) is 7.71. The van der Waals surface area contributed by atoms with E-state index in [0.29, 0.717) is 12.8 Å². The summed E-state index contributed by atoms with van der Waals surface area (Å²) in [5.74, 6) is -1.70. The fraction of sp³-hybridized carbons (Fsp3) is 0.562. The highest BCUT2D eigenvalue weighted by molar-refractivity contribution is 5.94. The summed E-state index contributed by atoms with van der Waals surface area (Å²) in [5, 5.41) is 12.0. The average molecular weight is 360 g/mol. The molecule has 1 aliphatic rings. The third-order valence-corrected chi connectivity index (χ3v) is 4.23. The molecule has 6 nitrogen and oxygen atoms in total. The highest BCUT2D eigenvalue weighted by Gasteiger charge is 2.39. The summed E-state index contributed by atoms with van der Waals surface area (Å²) in [6.45, 7) is -1.46. The number of aromatic nitrogens is 1. The highest BCUT2D eigenvalue weighted by Crippen LogP contribution is 2.36. The fourth-order valence-corrected chi connectivity index (χ4v) is 2.80. The first-order chi connectivity index (χ1) is 11.7. The summed E-state index contributed by atoms with van der Waals surface area (Å²) in [6, 6.07) is 2.44. The molecule has 0 spiro atoms. The summed E-state index contributed by atoms with van der Waals surface area (Å²) in [7, 11) is 0. The van der Waals surface area contributed by atoms with Crippen LogP contribution in [0.1, 0.15) is 42.5 Å². The molecule has 1 fully saturated rings. The van der Waals surface area contributed by atoms with E-state index in [1.165, 1.54) is 6.07 Å². The molecule has 1 amide bonds. The molecule has 1 saturated carbocycles. The van der Waals surface area contributed by atoms with Gasteiger partial charge in [-0.25, -0.2) is 4.98 Å². The standard InChI is InChI=1S/C16H19F3N2O4/c17-16(18,19)10-25-12-5-4-11(8-20-12)13(22)21-9-15(14(23)24)6-2-1-3-7-15/h4-5,8H,1-3,6-7,9-10H2,(H,21,22)(H,23,24). The van der Waals surface area contributed by atoms with E-state index in [1.54, 1.807) is 0 Å². The van der Waals surface area contributed by atoms with Gasteiger partial charge in [-0.05, 0) is 18.9 Å². The van der Waals surface area contributed by atoms with Gasteiger partial charge in [-0.15, -0.1) is 0 Å². The number of carboxylic acids is 1. The quantitative estimate of drug-likeness (QED) is 0.814. The summed E-state index contributed by atoms with van der Waals surface area (Å²) < 4.78 is 40.6. The van der Waals surface area contributed by atoms with E-state index in [0.717, 1.165) is 31.5 Å². The Morgan fingerprint density at radius 2 is 1.92 bits per heavy atom. The van der Waals surface area contributed by atoms with Gasteiger partial charge in [-0.3, -0.25) is 9.59 Å². The van der Waals surface area contributed by atoms with Crippen LogP contribution >= 0.6 is 0 Å². The molecule has 1 aliphatic carbocycles. The highest BCUT2D eigenvalue weighted by atomic mass is 19.4. The van der Waals surface area contributed by atoms with Crippen molar-refractivity contribution in [2.75, 3.05) is 13.2 Å². The molecule has 1 aromatic rings. The Labute approximate surface area is 142 Å². The minimum atomic E-state index is -4.47. The zero-order valence-corrected chi connectivity index (χ0v) is 13.4. The summed E-state index contributed by atoms with van der Waals surface area (Å²) in [5.41, 5.74) is -0.840. The number of rotatable bonds is 6. The van der Waals surface area contributed by atoms with Crippen molar-refractivity contribution in [3.63, 3.8) is 0 Å². The number of carboxylic acid groups (broad SMARTS) is 1. The zero-order chi connectivity index (χ0) is 18.5. The number of carbonyl (C=O) groups excluding carboxylic acids is 1. The lowest BCUT2D eigenvalue weighted by Crippen LogP contribution is -2.44. The van der Waals surface area contributed by atoms with E-state index >= 15 is 0 Å². The monoisotopic (exact) mass is 360 g/mol. The second-order valence-electron chi connectivity index (χ2n) is 6.12. The maximum absolute atomic E-state index is 12.1. The lowest BCUT2D eigenvalue weighted by molar-refractivity contribution is -0.154. The van der Waals surface area contributed by atoms with Crippen LogP contribution in [-0.4, -0.2) is 41.3 Å². The Hall–Kier alpha value is -2.32. The number of nitrogens with zero attached hydrogens (tertiary/aromatic N) is 1. The average Bonchev–Trinajstić information content (AvgIpc) is 2.58. The number of halogens is 3. The van der Waals surface area contributed by atoms with Gasteiger partial charge < -0.3 is 15.2 Å². The Bertz CT molecular complexity index is 611. The first kappa shape index (κ1) is 19.0. The van der Waals surface area contributed by atoms with Gasteiger partial charge in [0.05, 0.1) is 11.0 Å². The Morgan fingerprint density at radius 3 is 2.44 bits per heavy atom. The second-order valence-corrected chi connectivity index (χ2v) is 6.12. The van der Waals surface area contributed by atoms with Gasteiger partial charge in [0.25, 0.3) is 5.91 Å². The van der Waals surface area contributed by atoms with Crippen LogP contribution in [-0.2, 0) is 4.79 Å². The molecule has 9 heteroatoms. The van der Waals surface area contributed by atoms with Gasteiger partial charge in [-0.2, -0.15) is 13.2 Å². The molecule has 0 radical (unpaired) electrons. The molecule has 0 aromatic carbocycles. The van der Waals surface area contributed by atoms with Crippen LogP contribution in [0, 0.1) is 5.41 Å². The van der Waals surface area contributed by atoms with Crippen LogP contribution in [0.25, 0.3) is 0 Å². The van der Waals surface area contributed by atoms with Gasteiger partial charge in [-0.1, -0.05) is 19.3 Å². The van der Waals surface area contributed by atoms with Crippen LogP contribution in [0.3, 0.4) is 0 Å². The fourth-order valence-electron chi connectivity index (χ4n) is 2.80. The third-order valence-electron chi connectivity index (χ3n) is 4.23. The lowest BCUT2D eigenvalue weighted by Gasteiger charge is -2.33. The van der Waals surface area contributed by atoms with Gasteiger partial charge in [0, 0.05) is 18.8 Å². The predicted molar refractivity (Wildman–Crippen MR) is 81.3 cm³/mol. The van der Waals surface area contributed by atoms with Gasteiger partial charge in [0.1, 0.15) is 0 Å². The third kappa shape index (κ3) is 5.33. The van der Waals surface area contributed by atoms with Crippen molar-refractivity contribution in [1.82, 2.24) is 10.3 Å². The van der Waals surface area contributed by atoms with E-state index in [1.807, 2.05) is 0 Å². The van der Waals surface area contributed by atoms with Crippen LogP contribution < -0.4 is 10.1 Å². The van der Waals surface area contributed by atoms with E-state index in [2.05, 4.69) is 15.0 Å². The number of hydrogen-bond donors (Lipinski definition) is 2. The molecule has 2 rings (SSSR count). The molecule has 0 atom stereocenters. The Morgan fingerprint density at radius 1 is 1.24 bits per heavy atom. The molecule has 1 heterocycles. The molecule has 0 saturated heterocycles. The molecule has 0 aliphatic heterocycles. The van der Waals surface area contributed by atoms with Crippen molar-refractivity contribution < 1.29 is 32.6 Å². The van der Waals surface area contributed by atoms with Crippen LogP contribution in [0.2, 0.25) is 0 Å². The number of carbonyl (C=O) groups is 2. The van der Waals surface area contributed by atoms with Gasteiger partial charge in [0.15, 0.2) is 6.61 Å². The van der Waals surface area contributed by atoms with Gasteiger partial charge >= 0.3 is 12.1 Å². The summed E-state index contributed by atoms with van der Waals surface area (Å²) in [4.78, 5) is 27.3. The van der Waals surface area contributed by atoms with Gasteiger partial charge in [0.2, 0.25) is 5.88 Å². The summed E-state index contributed by atoms with van der Waals surface area (Å²) >= 11 is 0. The predicted octanol–water partition coefficient (Wildman–Crippen LogP) is 2.79. The van der Waals surface area contributed by atoms with E-state index in [-0.39, 0.29) is 18.0 Å². The first-order valence-corrected chi connectivity index (χ1v) is 7.89. The lowest BCUT2D eigenvalue weighted by atomic mass is 9.74. The van der Waals surface area contributed by atoms with E-state index in [4.69, 9.17) is 0 Å². The minimum Gasteiger partial charge on any atom is -0.481 e. The topological polar surface area (TPSA) is 88.5 Å². The molecular formula is C16H19F3N2O4. The number of ether oxygens (including phenoxy) is 1. The number of aliphatic carboxylic acids is 1. The van der Waals surface area contributed by atoms with Crippen molar-refractivity contribution in [1.29, 1.82) is 0 Å². The Kier molecular flexibility index (Phi) is 5.86. The number of amides is 1. The number of pyridine rings is 1.